The van der Waals surface area contributed by atoms with E-state index in [1.54, 1.807) is 29.1 Å². The Morgan fingerprint density at radius 3 is 2.69 bits per heavy atom. The number of carbonyl (C=O) groups excluding carboxylic acids is 1. The summed E-state index contributed by atoms with van der Waals surface area (Å²) < 4.78 is 1.80. The Morgan fingerprint density at radius 1 is 1.27 bits per heavy atom. The van der Waals surface area contributed by atoms with Gasteiger partial charge in [0.25, 0.3) is 0 Å². The van der Waals surface area contributed by atoms with E-state index in [0.717, 1.165) is 37.9 Å². The monoisotopic (exact) mass is 355 g/mol. The van der Waals surface area contributed by atoms with Gasteiger partial charge in [-0.3, -0.25) is 9.48 Å². The van der Waals surface area contributed by atoms with Crippen molar-refractivity contribution in [2.45, 2.75) is 32.7 Å². The first-order valence-corrected chi connectivity index (χ1v) is 9.11. The normalized spacial score (nSPS) is 16.4. The molecule has 1 aromatic carbocycles. The SMILES string of the molecule is C[C@@H](Cn1cccn1)C(=O)N1CCC(Cc2cccc(C(=O)O)c2)CC1. The van der Waals surface area contributed by atoms with Gasteiger partial charge in [-0.05, 0) is 48.9 Å². The fraction of sp³-hybridized carbons (Fsp3) is 0.450. The van der Waals surface area contributed by atoms with Crippen LogP contribution in [-0.4, -0.2) is 44.8 Å². The number of likely N-dealkylation sites (tertiary alicyclic amines) is 1. The molecule has 2 heterocycles. The second-order valence-corrected chi connectivity index (χ2v) is 7.11. The van der Waals surface area contributed by atoms with E-state index in [1.165, 1.54) is 0 Å². The second kappa shape index (κ2) is 8.17. The molecular weight excluding hydrogens is 330 g/mol. The number of nitrogens with zero attached hydrogens (tertiary/aromatic N) is 3. The molecule has 1 aromatic heterocycles. The summed E-state index contributed by atoms with van der Waals surface area (Å²) in [7, 11) is 0. The van der Waals surface area contributed by atoms with Crippen molar-refractivity contribution in [3.63, 3.8) is 0 Å². The zero-order chi connectivity index (χ0) is 18.5. The van der Waals surface area contributed by atoms with Gasteiger partial charge in [-0.15, -0.1) is 0 Å². The van der Waals surface area contributed by atoms with Gasteiger partial charge in [-0.1, -0.05) is 19.1 Å². The molecule has 1 N–H and O–H groups in total. The van der Waals surface area contributed by atoms with Crippen LogP contribution in [0.3, 0.4) is 0 Å². The number of rotatable bonds is 6. The Hall–Kier alpha value is -2.63. The number of carbonyl (C=O) groups is 2. The molecule has 0 saturated carbocycles. The summed E-state index contributed by atoms with van der Waals surface area (Å²) in [6, 6.07) is 9.02. The molecule has 0 unspecified atom stereocenters. The first-order chi connectivity index (χ1) is 12.5. The van der Waals surface area contributed by atoms with Crippen molar-refractivity contribution in [1.29, 1.82) is 0 Å². The highest BCUT2D eigenvalue weighted by molar-refractivity contribution is 5.87. The highest BCUT2D eigenvalue weighted by Gasteiger charge is 2.26. The lowest BCUT2D eigenvalue weighted by atomic mass is 9.89. The lowest BCUT2D eigenvalue weighted by Gasteiger charge is -2.33. The van der Waals surface area contributed by atoms with Crippen molar-refractivity contribution in [3.05, 3.63) is 53.9 Å². The molecule has 138 valence electrons. The van der Waals surface area contributed by atoms with Gasteiger partial charge in [0.1, 0.15) is 0 Å². The molecule has 0 aliphatic carbocycles. The van der Waals surface area contributed by atoms with Crippen LogP contribution in [0.25, 0.3) is 0 Å². The third kappa shape index (κ3) is 4.50. The predicted octanol–water partition coefficient (Wildman–Crippen LogP) is 2.70. The molecule has 1 aliphatic rings. The maximum absolute atomic E-state index is 12.6. The lowest BCUT2D eigenvalue weighted by Crippen LogP contribution is -2.42. The summed E-state index contributed by atoms with van der Waals surface area (Å²) in [5.74, 6) is -0.298. The highest BCUT2D eigenvalue weighted by atomic mass is 16.4. The molecule has 1 atom stereocenters. The maximum Gasteiger partial charge on any atom is 0.335 e. The van der Waals surface area contributed by atoms with Crippen LogP contribution in [0.4, 0.5) is 0 Å². The van der Waals surface area contributed by atoms with Crippen LogP contribution in [0.5, 0.6) is 0 Å². The van der Waals surface area contributed by atoms with E-state index in [1.807, 2.05) is 30.2 Å². The van der Waals surface area contributed by atoms with E-state index in [2.05, 4.69) is 5.10 Å². The van der Waals surface area contributed by atoms with Crippen molar-refractivity contribution in [2.24, 2.45) is 11.8 Å². The van der Waals surface area contributed by atoms with Gasteiger partial charge in [0, 0.05) is 25.5 Å². The average Bonchev–Trinajstić information content (AvgIpc) is 3.15. The van der Waals surface area contributed by atoms with Crippen LogP contribution in [0.15, 0.2) is 42.7 Å². The fourth-order valence-corrected chi connectivity index (χ4v) is 3.60. The van der Waals surface area contributed by atoms with Crippen LogP contribution in [0.2, 0.25) is 0 Å². The minimum Gasteiger partial charge on any atom is -0.478 e. The number of hydrogen-bond acceptors (Lipinski definition) is 3. The van der Waals surface area contributed by atoms with E-state index in [9.17, 15) is 9.59 Å². The third-order valence-corrected chi connectivity index (χ3v) is 5.07. The average molecular weight is 355 g/mol. The Kier molecular flexibility index (Phi) is 5.71. The Morgan fingerprint density at radius 2 is 2.04 bits per heavy atom. The standard InChI is InChI=1S/C20H25N3O3/c1-15(14-23-9-3-8-21-23)19(24)22-10-6-16(7-11-22)12-17-4-2-5-18(13-17)20(25)26/h2-5,8-9,13,15-16H,6-7,10-12,14H2,1H3,(H,25,26)/t15-/m0/s1. The van der Waals surface area contributed by atoms with Crippen LogP contribution in [0, 0.1) is 11.8 Å². The molecule has 0 bridgehead atoms. The predicted molar refractivity (Wildman–Crippen MR) is 97.8 cm³/mol. The highest BCUT2D eigenvalue weighted by Crippen LogP contribution is 2.23. The molecule has 1 amide bonds. The molecule has 1 saturated heterocycles. The molecule has 6 heteroatoms. The van der Waals surface area contributed by atoms with E-state index in [0.29, 0.717) is 18.0 Å². The smallest absolute Gasteiger partial charge is 0.335 e. The van der Waals surface area contributed by atoms with Crippen molar-refractivity contribution in [1.82, 2.24) is 14.7 Å². The van der Waals surface area contributed by atoms with Gasteiger partial charge in [-0.25, -0.2) is 4.79 Å². The summed E-state index contributed by atoms with van der Waals surface area (Å²) in [6.07, 6.45) is 6.38. The number of carboxylic acid groups (broad SMARTS) is 1. The lowest BCUT2D eigenvalue weighted by molar-refractivity contribution is -0.136. The molecule has 0 radical (unpaired) electrons. The van der Waals surface area contributed by atoms with Crippen LogP contribution < -0.4 is 0 Å². The summed E-state index contributed by atoms with van der Waals surface area (Å²) in [4.78, 5) is 25.7. The van der Waals surface area contributed by atoms with Crippen LogP contribution >= 0.6 is 0 Å². The van der Waals surface area contributed by atoms with E-state index >= 15 is 0 Å². The first-order valence-electron chi connectivity index (χ1n) is 9.11. The zero-order valence-electron chi connectivity index (χ0n) is 15.0. The summed E-state index contributed by atoms with van der Waals surface area (Å²) >= 11 is 0. The van der Waals surface area contributed by atoms with Crippen molar-refractivity contribution in [3.8, 4) is 0 Å². The Labute approximate surface area is 153 Å². The van der Waals surface area contributed by atoms with Gasteiger partial charge >= 0.3 is 5.97 Å². The number of carboxylic acids is 1. The molecule has 0 spiro atoms. The fourth-order valence-electron chi connectivity index (χ4n) is 3.60. The number of aromatic carboxylic acids is 1. The number of benzene rings is 1. The molecule has 1 fully saturated rings. The number of hydrogen-bond donors (Lipinski definition) is 1. The summed E-state index contributed by atoms with van der Waals surface area (Å²) in [5, 5.41) is 13.3. The van der Waals surface area contributed by atoms with Crippen LogP contribution in [-0.2, 0) is 17.8 Å². The minimum absolute atomic E-state index is 0.0845. The van der Waals surface area contributed by atoms with Gasteiger partial charge in [0.15, 0.2) is 0 Å². The number of piperidine rings is 1. The zero-order valence-corrected chi connectivity index (χ0v) is 15.0. The summed E-state index contributed by atoms with van der Waals surface area (Å²) in [6.45, 7) is 4.10. The van der Waals surface area contributed by atoms with Crippen molar-refractivity contribution in [2.75, 3.05) is 13.1 Å². The van der Waals surface area contributed by atoms with E-state index in [4.69, 9.17) is 5.11 Å². The minimum atomic E-state index is -0.890. The first kappa shape index (κ1) is 18.2. The number of aromatic nitrogens is 2. The molecular formula is C20H25N3O3. The van der Waals surface area contributed by atoms with Crippen molar-refractivity contribution >= 4 is 11.9 Å². The Balaban J connectivity index is 1.50. The van der Waals surface area contributed by atoms with E-state index in [-0.39, 0.29) is 11.8 Å². The molecule has 3 rings (SSSR count). The number of amides is 1. The van der Waals surface area contributed by atoms with Gasteiger partial charge < -0.3 is 10.0 Å². The van der Waals surface area contributed by atoms with Gasteiger partial charge in [0.2, 0.25) is 5.91 Å². The molecule has 2 aromatic rings. The second-order valence-electron chi connectivity index (χ2n) is 7.11. The summed E-state index contributed by atoms with van der Waals surface area (Å²) in [5.41, 5.74) is 1.39. The maximum atomic E-state index is 12.6. The van der Waals surface area contributed by atoms with Gasteiger partial charge in [0.05, 0.1) is 18.0 Å². The van der Waals surface area contributed by atoms with Gasteiger partial charge in [-0.2, -0.15) is 5.10 Å². The third-order valence-electron chi connectivity index (χ3n) is 5.07. The van der Waals surface area contributed by atoms with E-state index < -0.39 is 5.97 Å². The topological polar surface area (TPSA) is 75.4 Å². The molecule has 26 heavy (non-hydrogen) atoms. The van der Waals surface area contributed by atoms with Crippen LogP contribution in [0.1, 0.15) is 35.7 Å². The quantitative estimate of drug-likeness (QED) is 0.864. The largest absolute Gasteiger partial charge is 0.478 e. The Bertz CT molecular complexity index is 749. The van der Waals surface area contributed by atoms with Crippen molar-refractivity contribution < 1.29 is 14.7 Å². The molecule has 6 nitrogen and oxygen atoms in total. The molecule has 1 aliphatic heterocycles.